The third-order valence-corrected chi connectivity index (χ3v) is 16.2. The molecule has 4 heterocycles. The monoisotopic (exact) mass is 751 g/mol. The fourth-order valence-electron chi connectivity index (χ4n) is 11.4. The number of nitrogens with zero attached hydrogens (tertiary/aromatic N) is 3. The zero-order valence-electron chi connectivity index (χ0n) is 35.2. The maximum absolute atomic E-state index is 2.77. The molecule has 0 unspecified atom stereocenters. The number of hydrogen-bond acceptors (Lipinski definition) is 3. The number of anilines is 3. The fraction of sp³-hybridized carbons (Fsp3) is 0.373. The van der Waals surface area contributed by atoms with Crippen LogP contribution in [0.2, 0.25) is 0 Å². The number of para-hydroxylation sites is 1. The third kappa shape index (κ3) is 4.41. The smallest absolute Gasteiger partial charge is 0.343 e. The average Bonchev–Trinajstić information content (AvgIpc) is 3.70. The van der Waals surface area contributed by atoms with E-state index in [0.717, 1.165) is 0 Å². The summed E-state index contributed by atoms with van der Waals surface area (Å²) in [5.74, 6) is 0. The molecule has 3 nitrogen and oxygen atoms in total. The van der Waals surface area contributed by atoms with Crippen LogP contribution in [-0.2, 0) is 21.7 Å². The molecule has 11 rings (SSSR count). The zero-order valence-corrected chi connectivity index (χ0v) is 36.0. The van der Waals surface area contributed by atoms with Crippen LogP contribution in [0.3, 0.4) is 0 Å². The van der Waals surface area contributed by atoms with Gasteiger partial charge in [0.15, 0.2) is 0 Å². The standard InChI is InChI=1S/C51H54BN3S/c1-29-24-33-32-14-12-13-15-40(32)55(31-18-16-30(17-19-31)53(10)11)52-44(33)46-43(29)34-25-36-38(50(6,7)22-20-48(36,2)3)27-41(34)54(46)45-35-26-37-39(28-42(35)56-47(45)52)51(8,9)23-21-49(37,4)5/h12-19,24-28H,20-23H2,1-11H3. The SMILES string of the molecule is Cc1cc2c3c4c1c1cc5c(cc1n4-c1c(sc4cc6c(cc14)C(C)(C)CCC6(C)C)B3N(c1ccc(N(C)C)cc1)c1ccccc1-2)C(C)(C)CCC5(C)C. The normalized spacial score (nSPS) is 19.2. The molecule has 282 valence electrons. The summed E-state index contributed by atoms with van der Waals surface area (Å²) in [6.45, 7) is 22.2. The summed E-state index contributed by atoms with van der Waals surface area (Å²) in [6, 6.07) is 31.5. The van der Waals surface area contributed by atoms with Crippen LogP contribution < -0.4 is 20.0 Å². The van der Waals surface area contributed by atoms with Gasteiger partial charge in [-0.1, -0.05) is 79.7 Å². The molecule has 0 N–H and O–H groups in total. The van der Waals surface area contributed by atoms with Crippen molar-refractivity contribution in [2.75, 3.05) is 23.8 Å². The third-order valence-electron chi connectivity index (χ3n) is 15.0. The van der Waals surface area contributed by atoms with E-state index in [1.807, 2.05) is 0 Å². The highest BCUT2D eigenvalue weighted by Crippen LogP contribution is 2.53. The maximum atomic E-state index is 2.77. The molecule has 2 aromatic heterocycles. The predicted molar refractivity (Wildman–Crippen MR) is 245 cm³/mol. The van der Waals surface area contributed by atoms with Gasteiger partial charge >= 0.3 is 6.85 Å². The summed E-state index contributed by atoms with van der Waals surface area (Å²) < 4.78 is 5.65. The second-order valence-corrected chi connectivity index (χ2v) is 21.7. The molecule has 0 saturated carbocycles. The number of aromatic nitrogens is 1. The van der Waals surface area contributed by atoms with Crippen LogP contribution in [0, 0.1) is 6.92 Å². The van der Waals surface area contributed by atoms with Crippen LogP contribution in [-0.4, -0.2) is 25.5 Å². The molecule has 0 amide bonds. The number of benzene rings is 5. The van der Waals surface area contributed by atoms with Crippen molar-refractivity contribution in [1.82, 2.24) is 4.57 Å². The first-order chi connectivity index (χ1) is 26.5. The molecule has 0 fully saturated rings. The minimum absolute atomic E-state index is 0.0398. The maximum Gasteiger partial charge on any atom is 0.343 e. The molecule has 2 aliphatic heterocycles. The summed E-state index contributed by atoms with van der Waals surface area (Å²) >= 11 is 2.05. The van der Waals surface area contributed by atoms with Crippen molar-refractivity contribution in [2.45, 2.75) is 110 Å². The molecule has 7 aromatic rings. The molecule has 56 heavy (non-hydrogen) atoms. The highest BCUT2D eigenvalue weighted by Gasteiger charge is 2.47. The number of hydrogen-bond donors (Lipinski definition) is 0. The van der Waals surface area contributed by atoms with Gasteiger partial charge in [-0.05, 0) is 148 Å². The van der Waals surface area contributed by atoms with E-state index in [1.54, 1.807) is 5.56 Å². The van der Waals surface area contributed by atoms with Crippen LogP contribution in [0.25, 0.3) is 48.7 Å². The fourth-order valence-corrected chi connectivity index (χ4v) is 12.7. The van der Waals surface area contributed by atoms with Crippen LogP contribution in [0.4, 0.5) is 17.1 Å². The predicted octanol–water partition coefficient (Wildman–Crippen LogP) is 12.3. The lowest BCUT2D eigenvalue weighted by Gasteiger charge is -2.42. The summed E-state index contributed by atoms with van der Waals surface area (Å²) in [5, 5.41) is 4.26. The quantitative estimate of drug-likeness (QED) is 0.163. The van der Waals surface area contributed by atoms with E-state index in [2.05, 4.69) is 181 Å². The van der Waals surface area contributed by atoms with Gasteiger partial charge in [-0.25, -0.2) is 0 Å². The zero-order chi connectivity index (χ0) is 39.0. The van der Waals surface area contributed by atoms with Crippen molar-refractivity contribution in [3.63, 3.8) is 0 Å². The summed E-state index contributed by atoms with van der Waals surface area (Å²) in [4.78, 5) is 4.89. The van der Waals surface area contributed by atoms with Gasteiger partial charge in [-0.15, -0.1) is 11.3 Å². The van der Waals surface area contributed by atoms with Crippen LogP contribution >= 0.6 is 11.3 Å². The van der Waals surface area contributed by atoms with Crippen molar-refractivity contribution >= 4 is 77.4 Å². The van der Waals surface area contributed by atoms with Crippen molar-refractivity contribution in [2.24, 2.45) is 0 Å². The van der Waals surface area contributed by atoms with Gasteiger partial charge in [0.2, 0.25) is 0 Å². The average molecular weight is 752 g/mol. The van der Waals surface area contributed by atoms with Gasteiger partial charge in [0.05, 0.1) is 16.7 Å². The van der Waals surface area contributed by atoms with Gasteiger partial charge in [-0.3, -0.25) is 0 Å². The van der Waals surface area contributed by atoms with E-state index in [1.165, 1.54) is 124 Å². The summed E-state index contributed by atoms with van der Waals surface area (Å²) in [5.41, 5.74) is 20.1. The second-order valence-electron chi connectivity index (χ2n) is 20.6. The molecule has 2 aliphatic carbocycles. The van der Waals surface area contributed by atoms with Crippen LogP contribution in [0.15, 0.2) is 78.9 Å². The molecular formula is C51H54BN3S. The van der Waals surface area contributed by atoms with Crippen molar-refractivity contribution in [1.29, 1.82) is 0 Å². The Morgan fingerprint density at radius 2 is 1.21 bits per heavy atom. The lowest BCUT2D eigenvalue weighted by Crippen LogP contribution is -2.59. The molecule has 0 bridgehead atoms. The van der Waals surface area contributed by atoms with E-state index in [-0.39, 0.29) is 28.5 Å². The summed E-state index contributed by atoms with van der Waals surface area (Å²) in [6.07, 6.45) is 4.84. The highest BCUT2D eigenvalue weighted by molar-refractivity contribution is 7.32. The lowest BCUT2D eigenvalue weighted by molar-refractivity contribution is 0.332. The first-order valence-corrected chi connectivity index (χ1v) is 21.7. The minimum atomic E-state index is 0.0398. The Bertz CT molecular complexity index is 2860. The Labute approximate surface area is 337 Å². The van der Waals surface area contributed by atoms with Crippen molar-refractivity contribution in [3.8, 4) is 16.8 Å². The second kappa shape index (κ2) is 10.9. The molecule has 0 saturated heterocycles. The Morgan fingerprint density at radius 3 is 1.84 bits per heavy atom. The number of aryl methyl sites for hydroxylation is 1. The van der Waals surface area contributed by atoms with Crippen molar-refractivity contribution < 1.29 is 0 Å². The van der Waals surface area contributed by atoms with E-state index in [4.69, 9.17) is 0 Å². The van der Waals surface area contributed by atoms with E-state index < -0.39 is 0 Å². The highest BCUT2D eigenvalue weighted by atomic mass is 32.1. The molecular weight excluding hydrogens is 697 g/mol. The molecule has 4 aliphatic rings. The van der Waals surface area contributed by atoms with E-state index in [0.29, 0.717) is 0 Å². The van der Waals surface area contributed by atoms with Crippen LogP contribution in [0.5, 0.6) is 0 Å². The van der Waals surface area contributed by atoms with Crippen LogP contribution in [0.1, 0.15) is 109 Å². The lowest BCUT2D eigenvalue weighted by atomic mass is 9.47. The van der Waals surface area contributed by atoms with Gasteiger partial charge in [0.25, 0.3) is 0 Å². The van der Waals surface area contributed by atoms with Crippen molar-refractivity contribution in [3.05, 3.63) is 107 Å². The molecule has 0 atom stereocenters. The molecule has 5 heteroatoms. The molecule has 0 radical (unpaired) electrons. The van der Waals surface area contributed by atoms with Gasteiger partial charge in [0, 0.05) is 62.4 Å². The molecule has 5 aromatic carbocycles. The first-order valence-electron chi connectivity index (χ1n) is 20.9. The Balaban J connectivity index is 1.34. The van der Waals surface area contributed by atoms with E-state index in [9.17, 15) is 0 Å². The number of rotatable bonds is 2. The Morgan fingerprint density at radius 1 is 0.643 bits per heavy atom. The number of fused-ring (bicyclic) bond motifs is 12. The van der Waals surface area contributed by atoms with Gasteiger partial charge in [0.1, 0.15) is 0 Å². The molecule has 0 spiro atoms. The first kappa shape index (κ1) is 34.7. The minimum Gasteiger partial charge on any atom is -0.378 e. The summed E-state index contributed by atoms with van der Waals surface area (Å²) in [7, 11) is 4.26. The number of thiophene rings is 1. The van der Waals surface area contributed by atoms with Gasteiger partial charge < -0.3 is 14.3 Å². The largest absolute Gasteiger partial charge is 0.378 e. The van der Waals surface area contributed by atoms with Gasteiger partial charge in [-0.2, -0.15) is 0 Å². The Hall–Kier alpha value is -4.48. The topological polar surface area (TPSA) is 11.4 Å². The Kier molecular flexibility index (Phi) is 6.78. The van der Waals surface area contributed by atoms with E-state index >= 15 is 0 Å².